The normalized spacial score (nSPS) is 25.8. The lowest BCUT2D eigenvalue weighted by Gasteiger charge is -2.40. The molecule has 2 unspecified atom stereocenters. The van der Waals surface area contributed by atoms with Crippen molar-refractivity contribution in [2.45, 2.75) is 45.4 Å². The SMILES string of the molecule is CCC1CCCC(CN)(Cc2cccc([N+](=O)[O-])c2F)C1. The molecule has 1 saturated carbocycles. The lowest BCUT2D eigenvalue weighted by molar-refractivity contribution is -0.387. The molecular formula is C16H23FN2O2. The van der Waals surface area contributed by atoms with Crippen LogP contribution < -0.4 is 5.73 Å². The lowest BCUT2D eigenvalue weighted by Crippen LogP contribution is -2.38. The number of hydrogen-bond acceptors (Lipinski definition) is 3. The number of nitro groups is 1. The Bertz CT molecular complexity index is 521. The number of nitro benzene ring substituents is 1. The maximum Gasteiger partial charge on any atom is 0.305 e. The molecule has 0 bridgehead atoms. The van der Waals surface area contributed by atoms with Crippen molar-refractivity contribution in [3.8, 4) is 0 Å². The highest BCUT2D eigenvalue weighted by molar-refractivity contribution is 5.37. The van der Waals surface area contributed by atoms with Crippen molar-refractivity contribution >= 4 is 5.69 Å². The van der Waals surface area contributed by atoms with Crippen molar-refractivity contribution in [3.63, 3.8) is 0 Å². The fourth-order valence-electron chi connectivity index (χ4n) is 3.60. The molecule has 0 radical (unpaired) electrons. The molecule has 0 spiro atoms. The highest BCUT2D eigenvalue weighted by Crippen LogP contribution is 2.43. The van der Waals surface area contributed by atoms with Crippen molar-refractivity contribution < 1.29 is 9.31 Å². The number of benzene rings is 1. The summed E-state index contributed by atoms with van der Waals surface area (Å²) in [6.45, 7) is 2.68. The summed E-state index contributed by atoms with van der Waals surface area (Å²) in [7, 11) is 0. The van der Waals surface area contributed by atoms with E-state index in [1.54, 1.807) is 12.1 Å². The van der Waals surface area contributed by atoms with E-state index in [1.807, 2.05) is 0 Å². The predicted molar refractivity (Wildman–Crippen MR) is 80.5 cm³/mol. The highest BCUT2D eigenvalue weighted by atomic mass is 19.1. The Morgan fingerprint density at radius 3 is 2.90 bits per heavy atom. The molecule has 1 fully saturated rings. The monoisotopic (exact) mass is 294 g/mol. The molecule has 1 aromatic carbocycles. The van der Waals surface area contributed by atoms with Gasteiger partial charge in [0.25, 0.3) is 0 Å². The van der Waals surface area contributed by atoms with Gasteiger partial charge in [-0.15, -0.1) is 0 Å². The quantitative estimate of drug-likeness (QED) is 0.663. The molecule has 1 aliphatic rings. The molecule has 0 heterocycles. The van der Waals surface area contributed by atoms with Crippen molar-refractivity contribution in [3.05, 3.63) is 39.7 Å². The topological polar surface area (TPSA) is 69.2 Å². The van der Waals surface area contributed by atoms with E-state index < -0.39 is 16.4 Å². The second-order valence-corrected chi connectivity index (χ2v) is 6.26. The second-order valence-electron chi connectivity index (χ2n) is 6.26. The summed E-state index contributed by atoms with van der Waals surface area (Å²) in [6, 6.07) is 4.42. The summed E-state index contributed by atoms with van der Waals surface area (Å²) in [5.41, 5.74) is 5.86. The first kappa shape index (κ1) is 15.9. The predicted octanol–water partition coefficient (Wildman–Crippen LogP) is 3.82. The van der Waals surface area contributed by atoms with E-state index in [-0.39, 0.29) is 5.41 Å². The van der Waals surface area contributed by atoms with E-state index in [4.69, 9.17) is 5.73 Å². The molecule has 21 heavy (non-hydrogen) atoms. The molecule has 116 valence electrons. The van der Waals surface area contributed by atoms with Crippen molar-refractivity contribution in [2.75, 3.05) is 6.54 Å². The number of hydrogen-bond donors (Lipinski definition) is 1. The van der Waals surface area contributed by atoms with Crippen LogP contribution in [0.4, 0.5) is 10.1 Å². The van der Waals surface area contributed by atoms with Crippen LogP contribution in [0.15, 0.2) is 18.2 Å². The van der Waals surface area contributed by atoms with Crippen molar-refractivity contribution in [1.82, 2.24) is 0 Å². The lowest BCUT2D eigenvalue weighted by atomic mass is 9.66. The van der Waals surface area contributed by atoms with Gasteiger partial charge in [-0.05, 0) is 42.7 Å². The highest BCUT2D eigenvalue weighted by Gasteiger charge is 2.36. The molecule has 0 saturated heterocycles. The molecule has 4 nitrogen and oxygen atoms in total. The summed E-state index contributed by atoms with van der Waals surface area (Å²) in [4.78, 5) is 10.2. The zero-order valence-electron chi connectivity index (χ0n) is 12.5. The van der Waals surface area contributed by atoms with Gasteiger partial charge in [-0.2, -0.15) is 4.39 Å². The Morgan fingerprint density at radius 1 is 1.52 bits per heavy atom. The van der Waals surface area contributed by atoms with Gasteiger partial charge in [0.2, 0.25) is 5.82 Å². The van der Waals surface area contributed by atoms with Gasteiger partial charge in [0, 0.05) is 6.07 Å². The van der Waals surface area contributed by atoms with Crippen LogP contribution in [-0.4, -0.2) is 11.5 Å². The minimum atomic E-state index is -0.700. The van der Waals surface area contributed by atoms with E-state index in [1.165, 1.54) is 12.5 Å². The first-order valence-corrected chi connectivity index (χ1v) is 7.63. The third-order valence-electron chi connectivity index (χ3n) is 4.87. The van der Waals surface area contributed by atoms with Gasteiger partial charge in [-0.3, -0.25) is 10.1 Å². The Kier molecular flexibility index (Phi) is 4.93. The minimum absolute atomic E-state index is 0.116. The molecule has 2 rings (SSSR count). The zero-order chi connectivity index (χ0) is 15.5. The molecule has 5 heteroatoms. The molecule has 2 N–H and O–H groups in total. The van der Waals surface area contributed by atoms with Gasteiger partial charge in [0.05, 0.1) is 4.92 Å². The number of rotatable bonds is 5. The zero-order valence-corrected chi connectivity index (χ0v) is 12.5. The molecule has 0 aromatic heterocycles. The van der Waals surface area contributed by atoms with E-state index >= 15 is 0 Å². The number of halogens is 1. The third kappa shape index (κ3) is 3.40. The Hall–Kier alpha value is -1.49. The number of nitrogens with two attached hydrogens (primary N) is 1. The summed E-state index contributed by atoms with van der Waals surface area (Å²) >= 11 is 0. The summed E-state index contributed by atoms with van der Waals surface area (Å²) in [5, 5.41) is 10.9. The molecule has 1 aromatic rings. The van der Waals surface area contributed by atoms with E-state index in [0.717, 1.165) is 25.7 Å². The first-order valence-electron chi connectivity index (χ1n) is 7.63. The van der Waals surface area contributed by atoms with Crippen LogP contribution in [0.5, 0.6) is 0 Å². The van der Waals surface area contributed by atoms with Gasteiger partial charge in [-0.25, -0.2) is 0 Å². The van der Waals surface area contributed by atoms with Crippen LogP contribution in [0.3, 0.4) is 0 Å². The molecule has 1 aliphatic carbocycles. The van der Waals surface area contributed by atoms with Crippen LogP contribution in [0.1, 0.15) is 44.6 Å². The van der Waals surface area contributed by atoms with Gasteiger partial charge < -0.3 is 5.73 Å². The van der Waals surface area contributed by atoms with Gasteiger partial charge >= 0.3 is 5.69 Å². The Labute approximate surface area is 124 Å². The maximum atomic E-state index is 14.3. The van der Waals surface area contributed by atoms with Crippen molar-refractivity contribution in [1.29, 1.82) is 0 Å². The second kappa shape index (κ2) is 6.52. The molecule has 0 amide bonds. The standard InChI is InChI=1S/C16H23FN2O2/c1-2-12-5-4-8-16(9-12,11-18)10-13-6-3-7-14(15(13)17)19(20)21/h3,6-7,12H,2,4-5,8-11,18H2,1H3. The van der Waals surface area contributed by atoms with Gasteiger partial charge in [0.1, 0.15) is 0 Å². The summed E-state index contributed by atoms with van der Waals surface area (Å²) in [6.07, 6.45) is 5.87. The van der Waals surface area contributed by atoms with E-state index in [2.05, 4.69) is 6.92 Å². The van der Waals surface area contributed by atoms with Crippen LogP contribution >= 0.6 is 0 Å². The average molecular weight is 294 g/mol. The average Bonchev–Trinajstić information content (AvgIpc) is 2.49. The van der Waals surface area contributed by atoms with Crippen LogP contribution in [0, 0.1) is 27.3 Å². The molecule has 0 aliphatic heterocycles. The van der Waals surface area contributed by atoms with Gasteiger partial charge in [-0.1, -0.05) is 38.3 Å². The Balaban J connectivity index is 2.26. The largest absolute Gasteiger partial charge is 0.330 e. The molecular weight excluding hydrogens is 271 g/mol. The smallest absolute Gasteiger partial charge is 0.305 e. The van der Waals surface area contributed by atoms with Crippen LogP contribution in [0.2, 0.25) is 0 Å². The molecule has 2 atom stereocenters. The van der Waals surface area contributed by atoms with Crippen molar-refractivity contribution in [2.24, 2.45) is 17.1 Å². The van der Waals surface area contributed by atoms with Crippen LogP contribution in [-0.2, 0) is 6.42 Å². The maximum absolute atomic E-state index is 14.3. The van der Waals surface area contributed by atoms with E-state index in [0.29, 0.717) is 24.4 Å². The number of nitrogens with zero attached hydrogens (tertiary/aromatic N) is 1. The van der Waals surface area contributed by atoms with Gasteiger partial charge in [0.15, 0.2) is 0 Å². The summed E-state index contributed by atoms with van der Waals surface area (Å²) < 4.78 is 14.3. The minimum Gasteiger partial charge on any atom is -0.330 e. The Morgan fingerprint density at radius 2 is 2.29 bits per heavy atom. The fraction of sp³-hybridized carbons (Fsp3) is 0.625. The van der Waals surface area contributed by atoms with Crippen LogP contribution in [0.25, 0.3) is 0 Å². The summed E-state index contributed by atoms with van der Waals surface area (Å²) in [5.74, 6) is -0.0713. The third-order valence-corrected chi connectivity index (χ3v) is 4.87. The fourth-order valence-corrected chi connectivity index (χ4v) is 3.60. The first-order chi connectivity index (χ1) is 10.0. The van der Waals surface area contributed by atoms with E-state index in [9.17, 15) is 14.5 Å².